The Bertz CT molecular complexity index is 411. The summed E-state index contributed by atoms with van der Waals surface area (Å²) in [7, 11) is 0. The molecule has 0 spiro atoms. The minimum absolute atomic E-state index is 0.174. The van der Waals surface area contributed by atoms with Gasteiger partial charge in [0.1, 0.15) is 0 Å². The quantitative estimate of drug-likeness (QED) is 0.716. The molecule has 0 aromatic heterocycles. The van der Waals surface area contributed by atoms with E-state index in [0.29, 0.717) is 5.69 Å². The van der Waals surface area contributed by atoms with E-state index in [1.807, 2.05) is 12.1 Å². The molecule has 3 nitrogen and oxygen atoms in total. The summed E-state index contributed by atoms with van der Waals surface area (Å²) in [5.41, 5.74) is 6.26. The smallest absolute Gasteiger partial charge is 0.0924 e. The third-order valence-corrected chi connectivity index (χ3v) is 2.20. The lowest BCUT2D eigenvalue weighted by atomic mass is 9.81. The van der Waals surface area contributed by atoms with Crippen LogP contribution in [0.4, 0.5) is 5.69 Å². The van der Waals surface area contributed by atoms with Crippen molar-refractivity contribution in [2.24, 2.45) is 0 Å². The summed E-state index contributed by atoms with van der Waals surface area (Å²) in [5.74, 6) is 0. The highest BCUT2D eigenvalue weighted by Gasteiger charge is 2.26. The molecular weight excluding hydrogens is 174 g/mol. The van der Waals surface area contributed by atoms with Crippen molar-refractivity contribution in [3.8, 4) is 12.1 Å². The van der Waals surface area contributed by atoms with Crippen LogP contribution in [0.3, 0.4) is 0 Å². The molecule has 0 aliphatic heterocycles. The third-order valence-electron chi connectivity index (χ3n) is 2.20. The van der Waals surface area contributed by atoms with Crippen molar-refractivity contribution in [3.63, 3.8) is 0 Å². The first kappa shape index (κ1) is 10.1. The first-order valence-electron chi connectivity index (χ1n) is 4.26. The van der Waals surface area contributed by atoms with Crippen molar-refractivity contribution in [2.45, 2.75) is 18.8 Å². The molecule has 2 N–H and O–H groups in total. The van der Waals surface area contributed by atoms with Crippen LogP contribution in [0, 0.1) is 22.7 Å². The molecule has 1 rings (SSSR count). The van der Waals surface area contributed by atoms with Gasteiger partial charge in [0, 0.05) is 5.69 Å². The van der Waals surface area contributed by atoms with Gasteiger partial charge in [-0.1, -0.05) is 12.1 Å². The number of nitrogens with two attached hydrogens (primary N) is 1. The summed E-state index contributed by atoms with van der Waals surface area (Å²) in [6, 6.07) is 11.3. The fourth-order valence-corrected chi connectivity index (χ4v) is 1.25. The Morgan fingerprint density at radius 1 is 1.43 bits per heavy atom. The summed E-state index contributed by atoms with van der Waals surface area (Å²) in [6.45, 7) is 1.74. The Morgan fingerprint density at radius 3 is 2.64 bits per heavy atom. The van der Waals surface area contributed by atoms with Crippen molar-refractivity contribution in [1.82, 2.24) is 0 Å². The normalized spacial score (nSPS) is 13.6. The third kappa shape index (κ3) is 1.84. The van der Waals surface area contributed by atoms with Gasteiger partial charge in [-0.3, -0.25) is 0 Å². The van der Waals surface area contributed by atoms with Crippen LogP contribution in [0.25, 0.3) is 0 Å². The van der Waals surface area contributed by atoms with Crippen LogP contribution in [-0.2, 0) is 5.41 Å². The van der Waals surface area contributed by atoms with Crippen molar-refractivity contribution in [1.29, 1.82) is 10.5 Å². The molecular formula is C11H11N3. The molecule has 1 aromatic rings. The Balaban J connectivity index is 3.15. The maximum atomic E-state index is 9.02. The zero-order chi connectivity index (χ0) is 10.6. The lowest BCUT2D eigenvalue weighted by Crippen LogP contribution is -2.18. The molecule has 1 aromatic carbocycles. The van der Waals surface area contributed by atoms with Gasteiger partial charge >= 0.3 is 0 Å². The Kier molecular flexibility index (Phi) is 2.74. The van der Waals surface area contributed by atoms with E-state index in [2.05, 4.69) is 6.07 Å². The lowest BCUT2D eigenvalue weighted by molar-refractivity contribution is 0.628. The molecule has 1 atom stereocenters. The number of nitrogen functional groups attached to an aromatic ring is 1. The molecule has 0 fully saturated rings. The highest BCUT2D eigenvalue weighted by molar-refractivity contribution is 5.45. The largest absolute Gasteiger partial charge is 0.399 e. The second-order valence-corrected chi connectivity index (χ2v) is 3.40. The molecule has 1 unspecified atom stereocenters. The summed E-state index contributed by atoms with van der Waals surface area (Å²) >= 11 is 0. The molecule has 0 radical (unpaired) electrons. The van der Waals surface area contributed by atoms with Gasteiger partial charge in [0.2, 0.25) is 0 Å². The fraction of sp³-hybridized carbons (Fsp3) is 0.273. The fourth-order valence-electron chi connectivity index (χ4n) is 1.25. The average molecular weight is 185 g/mol. The van der Waals surface area contributed by atoms with Crippen molar-refractivity contribution >= 4 is 5.69 Å². The second-order valence-electron chi connectivity index (χ2n) is 3.40. The van der Waals surface area contributed by atoms with E-state index in [1.165, 1.54) is 0 Å². The summed E-state index contributed by atoms with van der Waals surface area (Å²) in [6.07, 6.45) is 0.174. The summed E-state index contributed by atoms with van der Waals surface area (Å²) < 4.78 is 0. The molecule has 0 saturated heterocycles. The van der Waals surface area contributed by atoms with Gasteiger partial charge in [-0.25, -0.2) is 0 Å². The number of nitriles is 2. The van der Waals surface area contributed by atoms with Gasteiger partial charge in [0.25, 0.3) is 0 Å². The molecule has 3 heteroatoms. The zero-order valence-electron chi connectivity index (χ0n) is 7.99. The van der Waals surface area contributed by atoms with Gasteiger partial charge in [-0.15, -0.1) is 0 Å². The van der Waals surface area contributed by atoms with E-state index in [4.69, 9.17) is 16.3 Å². The predicted molar refractivity (Wildman–Crippen MR) is 54.0 cm³/mol. The maximum absolute atomic E-state index is 9.02. The predicted octanol–water partition coefficient (Wildman–Crippen LogP) is 1.96. The molecule has 0 aliphatic carbocycles. The maximum Gasteiger partial charge on any atom is 0.0924 e. The Labute approximate surface area is 83.4 Å². The van der Waals surface area contributed by atoms with Gasteiger partial charge in [-0.05, 0) is 24.6 Å². The van der Waals surface area contributed by atoms with Crippen LogP contribution >= 0.6 is 0 Å². The van der Waals surface area contributed by atoms with Gasteiger partial charge in [0.15, 0.2) is 0 Å². The number of hydrogen-bond donors (Lipinski definition) is 1. The van der Waals surface area contributed by atoms with Crippen molar-refractivity contribution < 1.29 is 0 Å². The first-order chi connectivity index (χ1) is 6.62. The molecule has 0 bridgehead atoms. The standard InChI is InChI=1S/C11H11N3/c1-11(8-13,5-6-12)9-3-2-4-10(14)7-9/h2-4,7H,5,14H2,1H3. The van der Waals surface area contributed by atoms with Gasteiger partial charge in [-0.2, -0.15) is 10.5 Å². The zero-order valence-corrected chi connectivity index (χ0v) is 7.99. The highest BCUT2D eigenvalue weighted by Crippen LogP contribution is 2.27. The number of anilines is 1. The van der Waals surface area contributed by atoms with Crippen LogP contribution in [0.1, 0.15) is 18.9 Å². The minimum Gasteiger partial charge on any atom is -0.399 e. The van der Waals surface area contributed by atoms with Crippen LogP contribution in [-0.4, -0.2) is 0 Å². The second kappa shape index (κ2) is 3.81. The van der Waals surface area contributed by atoms with Crippen LogP contribution in [0.2, 0.25) is 0 Å². The minimum atomic E-state index is -0.760. The monoisotopic (exact) mass is 185 g/mol. The van der Waals surface area contributed by atoms with Crippen LogP contribution in [0.5, 0.6) is 0 Å². The first-order valence-corrected chi connectivity index (χ1v) is 4.26. The van der Waals surface area contributed by atoms with Gasteiger partial charge in [0.05, 0.1) is 24.0 Å². The van der Waals surface area contributed by atoms with E-state index in [1.54, 1.807) is 25.1 Å². The van der Waals surface area contributed by atoms with Crippen molar-refractivity contribution in [2.75, 3.05) is 5.73 Å². The summed E-state index contributed by atoms with van der Waals surface area (Å²) in [5, 5.41) is 17.7. The molecule has 0 heterocycles. The SMILES string of the molecule is CC(C#N)(CC#N)c1cccc(N)c1. The lowest BCUT2D eigenvalue weighted by Gasteiger charge is -2.18. The molecule has 70 valence electrons. The number of benzene rings is 1. The molecule has 0 saturated carbocycles. The molecule has 0 amide bonds. The van der Waals surface area contributed by atoms with Gasteiger partial charge < -0.3 is 5.73 Å². The van der Waals surface area contributed by atoms with Crippen molar-refractivity contribution in [3.05, 3.63) is 29.8 Å². The van der Waals surface area contributed by atoms with E-state index >= 15 is 0 Å². The Morgan fingerprint density at radius 2 is 2.14 bits per heavy atom. The van der Waals surface area contributed by atoms with E-state index < -0.39 is 5.41 Å². The van der Waals surface area contributed by atoms with E-state index in [9.17, 15) is 0 Å². The van der Waals surface area contributed by atoms with Crippen LogP contribution in [0.15, 0.2) is 24.3 Å². The number of hydrogen-bond acceptors (Lipinski definition) is 3. The summed E-state index contributed by atoms with van der Waals surface area (Å²) in [4.78, 5) is 0. The highest BCUT2D eigenvalue weighted by atomic mass is 14.5. The Hall–Kier alpha value is -2.00. The molecule has 14 heavy (non-hydrogen) atoms. The van der Waals surface area contributed by atoms with E-state index in [0.717, 1.165) is 5.56 Å². The topological polar surface area (TPSA) is 73.6 Å². The van der Waals surface area contributed by atoms with E-state index in [-0.39, 0.29) is 6.42 Å². The number of rotatable bonds is 2. The van der Waals surface area contributed by atoms with Crippen LogP contribution < -0.4 is 5.73 Å². The molecule has 0 aliphatic rings. The number of nitrogens with zero attached hydrogens (tertiary/aromatic N) is 2. The average Bonchev–Trinajstić information content (AvgIpc) is 2.18.